The number of β-amino-alcohol motifs (C(OH)–C–C–N with tert-alkyl or cyclic N) is 1. The van der Waals surface area contributed by atoms with Crippen LogP contribution in [0.1, 0.15) is 25.8 Å². The minimum atomic E-state index is -1.13. The number of hydrogen-bond acceptors (Lipinski definition) is 6. The molecule has 0 saturated carbocycles. The van der Waals surface area contributed by atoms with Crippen LogP contribution in [-0.2, 0) is 16.0 Å². The Morgan fingerprint density at radius 1 is 1.35 bits per heavy atom. The van der Waals surface area contributed by atoms with Crippen LogP contribution in [0.3, 0.4) is 0 Å². The monoisotopic (exact) mass is 323 g/mol. The van der Waals surface area contributed by atoms with Crippen molar-refractivity contribution in [1.82, 2.24) is 5.32 Å². The van der Waals surface area contributed by atoms with Crippen LogP contribution >= 0.6 is 0 Å². The molecule has 1 saturated heterocycles. The van der Waals surface area contributed by atoms with Gasteiger partial charge < -0.3 is 25.0 Å². The average Bonchev–Trinajstić information content (AvgIpc) is 2.79. The highest BCUT2D eigenvalue weighted by Crippen LogP contribution is 2.20. The van der Waals surface area contributed by atoms with E-state index in [1.165, 1.54) is 0 Å². The Balaban J connectivity index is 1.98. The lowest BCUT2D eigenvalue weighted by Gasteiger charge is -2.24. The van der Waals surface area contributed by atoms with Gasteiger partial charge in [-0.2, -0.15) is 0 Å². The number of methoxy groups -OCH3 is 1. The lowest BCUT2D eigenvalue weighted by molar-refractivity contribution is -0.158. The molecule has 1 aromatic carbocycles. The summed E-state index contributed by atoms with van der Waals surface area (Å²) < 4.78 is 10.5. The fraction of sp³-hybridized carbons (Fsp3) is 0.588. The van der Waals surface area contributed by atoms with Gasteiger partial charge in [0.15, 0.2) is 0 Å². The SMILES string of the molecule is COc1ccc(C[C@H]2NC[C@H](O)[C@H]2OC(=O)CC(C)(C)O)cc1. The van der Waals surface area contributed by atoms with E-state index in [1.54, 1.807) is 21.0 Å². The summed E-state index contributed by atoms with van der Waals surface area (Å²) in [5.74, 6) is 0.270. The molecule has 23 heavy (non-hydrogen) atoms. The van der Waals surface area contributed by atoms with Crippen molar-refractivity contribution in [3.63, 3.8) is 0 Å². The zero-order valence-electron chi connectivity index (χ0n) is 13.8. The van der Waals surface area contributed by atoms with Crippen LogP contribution in [0.25, 0.3) is 0 Å². The van der Waals surface area contributed by atoms with Crippen molar-refractivity contribution in [3.8, 4) is 5.75 Å². The predicted octanol–water partition coefficient (Wildman–Crippen LogP) is 0.643. The second kappa shape index (κ2) is 7.29. The number of carbonyl (C=O) groups is 1. The van der Waals surface area contributed by atoms with Crippen LogP contribution in [0.5, 0.6) is 5.75 Å². The van der Waals surface area contributed by atoms with Gasteiger partial charge in [0.2, 0.25) is 0 Å². The van der Waals surface area contributed by atoms with Crippen molar-refractivity contribution in [2.75, 3.05) is 13.7 Å². The molecule has 0 radical (unpaired) electrons. The quantitative estimate of drug-likeness (QED) is 0.666. The summed E-state index contributed by atoms with van der Waals surface area (Å²) in [6, 6.07) is 7.47. The van der Waals surface area contributed by atoms with Gasteiger partial charge in [-0.3, -0.25) is 4.79 Å². The molecule has 0 aromatic heterocycles. The summed E-state index contributed by atoms with van der Waals surface area (Å²) in [5, 5.41) is 22.9. The van der Waals surface area contributed by atoms with Crippen molar-refractivity contribution >= 4 is 5.97 Å². The highest BCUT2D eigenvalue weighted by molar-refractivity contribution is 5.70. The fourth-order valence-corrected chi connectivity index (χ4v) is 2.68. The Morgan fingerprint density at radius 2 is 2.00 bits per heavy atom. The van der Waals surface area contributed by atoms with Crippen molar-refractivity contribution in [1.29, 1.82) is 0 Å². The summed E-state index contributed by atoms with van der Waals surface area (Å²) in [7, 11) is 1.61. The summed E-state index contributed by atoms with van der Waals surface area (Å²) in [6.45, 7) is 3.47. The van der Waals surface area contributed by atoms with Crippen LogP contribution in [0.4, 0.5) is 0 Å². The number of aliphatic hydroxyl groups is 2. The van der Waals surface area contributed by atoms with E-state index in [1.807, 2.05) is 24.3 Å². The van der Waals surface area contributed by atoms with Crippen molar-refractivity contribution in [2.45, 2.75) is 50.5 Å². The minimum Gasteiger partial charge on any atom is -0.497 e. The zero-order valence-corrected chi connectivity index (χ0v) is 13.8. The van der Waals surface area contributed by atoms with E-state index in [0.717, 1.165) is 11.3 Å². The molecule has 3 atom stereocenters. The molecule has 1 aliphatic heterocycles. The Kier molecular flexibility index (Phi) is 5.62. The normalized spacial score (nSPS) is 24.5. The molecule has 0 spiro atoms. The maximum Gasteiger partial charge on any atom is 0.309 e. The first-order valence-electron chi connectivity index (χ1n) is 7.75. The topological polar surface area (TPSA) is 88.0 Å². The second-order valence-corrected chi connectivity index (χ2v) is 6.58. The van der Waals surface area contributed by atoms with Gasteiger partial charge in [-0.15, -0.1) is 0 Å². The highest BCUT2D eigenvalue weighted by atomic mass is 16.6. The van der Waals surface area contributed by atoms with Gasteiger partial charge in [0.05, 0.1) is 25.2 Å². The molecular weight excluding hydrogens is 298 g/mol. The Bertz CT molecular complexity index is 523. The molecule has 0 amide bonds. The van der Waals surface area contributed by atoms with Gasteiger partial charge in [-0.1, -0.05) is 12.1 Å². The number of nitrogens with one attached hydrogen (secondary N) is 1. The van der Waals surface area contributed by atoms with E-state index >= 15 is 0 Å². The maximum absolute atomic E-state index is 11.9. The number of esters is 1. The number of carbonyl (C=O) groups excluding carboxylic acids is 1. The average molecular weight is 323 g/mol. The first-order chi connectivity index (χ1) is 10.8. The summed E-state index contributed by atoms with van der Waals surface area (Å²) in [4.78, 5) is 11.9. The molecule has 1 aliphatic rings. The molecule has 2 rings (SSSR count). The molecule has 6 nitrogen and oxygen atoms in total. The van der Waals surface area contributed by atoms with Crippen molar-refractivity contribution in [2.24, 2.45) is 0 Å². The number of aliphatic hydroxyl groups excluding tert-OH is 1. The van der Waals surface area contributed by atoms with E-state index in [4.69, 9.17) is 9.47 Å². The predicted molar refractivity (Wildman–Crippen MR) is 85.3 cm³/mol. The van der Waals surface area contributed by atoms with Gasteiger partial charge >= 0.3 is 5.97 Å². The van der Waals surface area contributed by atoms with Crippen LogP contribution < -0.4 is 10.1 Å². The standard InChI is InChI=1S/C17H25NO5/c1-17(2,21)9-15(20)23-16-13(18-10-14(16)19)8-11-4-6-12(22-3)7-5-11/h4-7,13-14,16,18-19,21H,8-10H2,1-3H3/t13-,14+,16+/m1/s1. The summed E-state index contributed by atoms with van der Waals surface area (Å²) in [6.07, 6.45) is -0.844. The zero-order chi connectivity index (χ0) is 17.0. The second-order valence-electron chi connectivity index (χ2n) is 6.58. The van der Waals surface area contributed by atoms with E-state index in [2.05, 4.69) is 5.32 Å². The molecule has 128 valence electrons. The first kappa shape index (κ1) is 17.7. The Hall–Kier alpha value is -1.63. The first-order valence-corrected chi connectivity index (χ1v) is 7.75. The Labute approximate surface area is 136 Å². The van der Waals surface area contributed by atoms with Gasteiger partial charge in [0.25, 0.3) is 0 Å². The van der Waals surface area contributed by atoms with Crippen molar-refractivity contribution < 1.29 is 24.5 Å². The minimum absolute atomic E-state index is 0.106. The number of ether oxygens (including phenoxy) is 2. The van der Waals surface area contributed by atoms with E-state index in [0.29, 0.717) is 13.0 Å². The van der Waals surface area contributed by atoms with Crippen LogP contribution in [0, 0.1) is 0 Å². The van der Waals surface area contributed by atoms with Gasteiger partial charge in [0, 0.05) is 6.54 Å². The number of benzene rings is 1. The molecule has 0 aliphatic carbocycles. The molecular formula is C17H25NO5. The van der Waals surface area contributed by atoms with Crippen LogP contribution in [-0.4, -0.2) is 53.7 Å². The highest BCUT2D eigenvalue weighted by Gasteiger charge is 2.38. The third kappa shape index (κ3) is 5.20. The lowest BCUT2D eigenvalue weighted by atomic mass is 10.0. The lowest BCUT2D eigenvalue weighted by Crippen LogP contribution is -2.40. The van der Waals surface area contributed by atoms with Crippen LogP contribution in [0.15, 0.2) is 24.3 Å². The van der Waals surface area contributed by atoms with E-state index in [-0.39, 0.29) is 12.5 Å². The van der Waals surface area contributed by atoms with Gasteiger partial charge in [-0.25, -0.2) is 0 Å². The number of hydrogen-bond donors (Lipinski definition) is 3. The third-order valence-corrected chi connectivity index (χ3v) is 3.82. The van der Waals surface area contributed by atoms with Gasteiger partial charge in [-0.05, 0) is 38.0 Å². The molecule has 0 bridgehead atoms. The molecule has 1 aromatic rings. The summed E-state index contributed by atoms with van der Waals surface area (Å²) in [5.41, 5.74) is -0.0690. The smallest absolute Gasteiger partial charge is 0.309 e. The fourth-order valence-electron chi connectivity index (χ4n) is 2.68. The van der Waals surface area contributed by atoms with Gasteiger partial charge in [0.1, 0.15) is 18.0 Å². The van der Waals surface area contributed by atoms with Crippen LogP contribution in [0.2, 0.25) is 0 Å². The largest absolute Gasteiger partial charge is 0.497 e. The molecule has 0 unspecified atom stereocenters. The summed E-state index contributed by atoms with van der Waals surface area (Å²) >= 11 is 0. The molecule has 1 heterocycles. The third-order valence-electron chi connectivity index (χ3n) is 3.82. The Morgan fingerprint density at radius 3 is 2.57 bits per heavy atom. The van der Waals surface area contributed by atoms with Crippen molar-refractivity contribution in [3.05, 3.63) is 29.8 Å². The molecule has 6 heteroatoms. The molecule has 3 N–H and O–H groups in total. The van der Waals surface area contributed by atoms with E-state index in [9.17, 15) is 15.0 Å². The van der Waals surface area contributed by atoms with E-state index < -0.39 is 23.8 Å². The maximum atomic E-state index is 11.9. The molecule has 1 fully saturated rings. The number of rotatable bonds is 6.